The summed E-state index contributed by atoms with van der Waals surface area (Å²) in [6.07, 6.45) is -1.79. The average Bonchev–Trinajstić information content (AvgIpc) is 2.51. The Labute approximate surface area is 150 Å². The number of benzene rings is 1. The van der Waals surface area contributed by atoms with Crippen LogP contribution in [0.2, 0.25) is 0 Å². The Morgan fingerprint density at radius 3 is 2.19 bits per heavy atom. The van der Waals surface area contributed by atoms with E-state index in [0.29, 0.717) is 5.56 Å². The second-order valence-electron chi connectivity index (χ2n) is 6.57. The Hall–Kier alpha value is -2.51. The summed E-state index contributed by atoms with van der Waals surface area (Å²) < 4.78 is 42.7. The number of alkyl carbamates (subject to hydrolysis) is 1. The highest BCUT2D eigenvalue weighted by molar-refractivity contribution is 5.85. The molecule has 0 aliphatic heterocycles. The Morgan fingerprint density at radius 1 is 1.15 bits per heavy atom. The van der Waals surface area contributed by atoms with E-state index in [1.165, 1.54) is 19.2 Å². The molecule has 8 heteroatoms. The predicted octanol–water partition coefficient (Wildman–Crippen LogP) is 3.75. The molecule has 0 spiro atoms. The lowest BCUT2D eigenvalue weighted by atomic mass is 10.1. The Morgan fingerprint density at radius 2 is 1.73 bits per heavy atom. The highest BCUT2D eigenvalue weighted by atomic mass is 19.4. The number of likely N-dealkylation sites (N-methyl/N-ethyl adjacent to an activating group) is 1. The molecule has 0 aliphatic carbocycles. The molecule has 0 fully saturated rings. The van der Waals surface area contributed by atoms with E-state index < -0.39 is 35.4 Å². The van der Waals surface area contributed by atoms with Gasteiger partial charge in [-0.2, -0.15) is 13.2 Å². The summed E-state index contributed by atoms with van der Waals surface area (Å²) in [4.78, 5) is 23.7. The third kappa shape index (κ3) is 7.58. The number of carbonyl (C=O) groups is 2. The molecule has 26 heavy (non-hydrogen) atoms. The number of amides is 2. The van der Waals surface area contributed by atoms with Gasteiger partial charge in [0.15, 0.2) is 0 Å². The molecule has 0 radical (unpaired) electrons. The van der Waals surface area contributed by atoms with Gasteiger partial charge in [0.2, 0.25) is 5.91 Å². The molecular weight excluding hydrogens is 349 g/mol. The first-order valence-corrected chi connectivity index (χ1v) is 7.97. The maximum Gasteiger partial charge on any atom is 0.416 e. The maximum atomic E-state index is 12.5. The van der Waals surface area contributed by atoms with Crippen LogP contribution < -0.4 is 10.6 Å². The highest BCUT2D eigenvalue weighted by Gasteiger charge is 2.29. The van der Waals surface area contributed by atoms with E-state index >= 15 is 0 Å². The molecule has 0 aromatic heterocycles. The van der Waals surface area contributed by atoms with Crippen molar-refractivity contribution in [3.05, 3.63) is 41.5 Å². The van der Waals surface area contributed by atoms with Gasteiger partial charge in [0.1, 0.15) is 11.6 Å². The van der Waals surface area contributed by atoms with Crippen LogP contribution >= 0.6 is 0 Å². The molecule has 1 unspecified atom stereocenters. The van der Waals surface area contributed by atoms with Crippen molar-refractivity contribution in [2.75, 3.05) is 7.05 Å². The molecule has 2 amide bonds. The van der Waals surface area contributed by atoms with Crippen molar-refractivity contribution >= 4 is 18.1 Å². The smallest absolute Gasteiger partial charge is 0.416 e. The van der Waals surface area contributed by atoms with Crippen molar-refractivity contribution in [3.63, 3.8) is 0 Å². The van der Waals surface area contributed by atoms with Crippen LogP contribution in [0, 0.1) is 0 Å². The molecule has 1 atom stereocenters. The lowest BCUT2D eigenvalue weighted by Crippen LogP contribution is -2.47. The van der Waals surface area contributed by atoms with Crippen molar-refractivity contribution in [2.45, 2.75) is 45.0 Å². The van der Waals surface area contributed by atoms with Gasteiger partial charge >= 0.3 is 12.3 Å². The van der Waals surface area contributed by atoms with Crippen LogP contribution in [0.4, 0.5) is 18.0 Å². The van der Waals surface area contributed by atoms with E-state index in [1.54, 1.807) is 32.9 Å². The van der Waals surface area contributed by atoms with Gasteiger partial charge in [0.25, 0.3) is 0 Å². The Bertz CT molecular complexity index is 647. The molecule has 1 aromatic rings. The molecule has 0 heterocycles. The summed E-state index contributed by atoms with van der Waals surface area (Å²) in [5, 5.41) is 4.90. The fourth-order valence-corrected chi connectivity index (χ4v) is 1.98. The van der Waals surface area contributed by atoms with Gasteiger partial charge in [-0.15, -0.1) is 0 Å². The summed E-state index contributed by atoms with van der Waals surface area (Å²) in [6, 6.07) is 3.76. The first kappa shape index (κ1) is 21.5. The number of rotatable bonds is 5. The SMILES string of the molecule is CNC(=O)C(CC=Cc1ccc(C(F)(F)F)cc1)NC(=O)OC(C)(C)C. The van der Waals surface area contributed by atoms with Crippen molar-refractivity contribution in [1.29, 1.82) is 0 Å². The topological polar surface area (TPSA) is 67.4 Å². The molecule has 0 saturated heterocycles. The zero-order chi connectivity index (χ0) is 20.0. The van der Waals surface area contributed by atoms with E-state index in [2.05, 4.69) is 10.6 Å². The average molecular weight is 372 g/mol. The van der Waals surface area contributed by atoms with Crippen LogP contribution in [0.15, 0.2) is 30.3 Å². The van der Waals surface area contributed by atoms with Crippen molar-refractivity contribution in [2.24, 2.45) is 0 Å². The normalized spacial score (nSPS) is 13.3. The van der Waals surface area contributed by atoms with Crippen LogP contribution in [-0.2, 0) is 15.7 Å². The van der Waals surface area contributed by atoms with Gasteiger partial charge in [-0.1, -0.05) is 24.3 Å². The third-order valence-electron chi connectivity index (χ3n) is 3.17. The van der Waals surface area contributed by atoms with E-state index in [4.69, 9.17) is 4.74 Å². The predicted molar refractivity (Wildman–Crippen MR) is 92.3 cm³/mol. The molecule has 2 N–H and O–H groups in total. The zero-order valence-electron chi connectivity index (χ0n) is 15.1. The van der Waals surface area contributed by atoms with E-state index in [1.807, 2.05) is 0 Å². The number of hydrogen-bond donors (Lipinski definition) is 2. The van der Waals surface area contributed by atoms with Gasteiger partial charge < -0.3 is 15.4 Å². The summed E-state index contributed by atoms with van der Waals surface area (Å²) in [7, 11) is 1.44. The standard InChI is InChI=1S/C18H23F3N2O3/c1-17(2,3)26-16(25)23-14(15(24)22-4)7-5-6-12-8-10-13(11-9-12)18(19,20)21/h5-6,8-11,14H,7H2,1-4H3,(H,22,24)(H,23,25). The van der Waals surface area contributed by atoms with Gasteiger partial charge in [0.05, 0.1) is 5.56 Å². The van der Waals surface area contributed by atoms with Crippen LogP contribution in [-0.4, -0.2) is 30.7 Å². The highest BCUT2D eigenvalue weighted by Crippen LogP contribution is 2.29. The van der Waals surface area contributed by atoms with Gasteiger partial charge in [0, 0.05) is 7.05 Å². The lowest BCUT2D eigenvalue weighted by molar-refractivity contribution is -0.137. The van der Waals surface area contributed by atoms with Crippen molar-refractivity contribution in [1.82, 2.24) is 10.6 Å². The van der Waals surface area contributed by atoms with Gasteiger partial charge in [-0.05, 0) is 44.9 Å². The first-order valence-electron chi connectivity index (χ1n) is 7.97. The van der Waals surface area contributed by atoms with Gasteiger partial charge in [-0.25, -0.2) is 4.79 Å². The number of ether oxygens (including phenoxy) is 1. The molecule has 5 nitrogen and oxygen atoms in total. The summed E-state index contributed by atoms with van der Waals surface area (Å²) in [6.45, 7) is 5.10. The summed E-state index contributed by atoms with van der Waals surface area (Å²) in [5.41, 5.74) is -0.886. The Kier molecular flexibility index (Phi) is 7.23. The largest absolute Gasteiger partial charge is 0.444 e. The van der Waals surface area contributed by atoms with Crippen LogP contribution in [0.3, 0.4) is 0 Å². The van der Waals surface area contributed by atoms with Crippen molar-refractivity contribution < 1.29 is 27.5 Å². The number of nitrogens with one attached hydrogen (secondary N) is 2. The van der Waals surface area contributed by atoms with Crippen LogP contribution in [0.1, 0.15) is 38.3 Å². The third-order valence-corrected chi connectivity index (χ3v) is 3.17. The molecule has 144 valence electrons. The molecule has 1 aromatic carbocycles. The molecule has 0 bridgehead atoms. The number of alkyl halides is 3. The Balaban J connectivity index is 2.73. The van der Waals surface area contributed by atoms with E-state index in [0.717, 1.165) is 12.1 Å². The fraction of sp³-hybridized carbons (Fsp3) is 0.444. The van der Waals surface area contributed by atoms with Gasteiger partial charge in [-0.3, -0.25) is 4.79 Å². The van der Waals surface area contributed by atoms with Crippen molar-refractivity contribution in [3.8, 4) is 0 Å². The minimum atomic E-state index is -4.39. The zero-order valence-corrected chi connectivity index (χ0v) is 15.1. The quantitative estimate of drug-likeness (QED) is 0.827. The number of carbonyl (C=O) groups excluding carboxylic acids is 2. The minimum Gasteiger partial charge on any atom is -0.444 e. The number of halogens is 3. The van der Waals surface area contributed by atoms with Crippen LogP contribution in [0.25, 0.3) is 6.08 Å². The minimum absolute atomic E-state index is 0.153. The number of hydrogen-bond acceptors (Lipinski definition) is 3. The van der Waals surface area contributed by atoms with E-state index in [-0.39, 0.29) is 6.42 Å². The summed E-state index contributed by atoms with van der Waals surface area (Å²) >= 11 is 0. The first-order chi connectivity index (χ1) is 11.9. The molecule has 0 saturated carbocycles. The molecular formula is C18H23F3N2O3. The van der Waals surface area contributed by atoms with E-state index in [9.17, 15) is 22.8 Å². The molecule has 0 aliphatic rings. The monoisotopic (exact) mass is 372 g/mol. The fourth-order valence-electron chi connectivity index (χ4n) is 1.98. The van der Waals surface area contributed by atoms with Crippen LogP contribution in [0.5, 0.6) is 0 Å². The second kappa shape index (κ2) is 8.73. The summed E-state index contributed by atoms with van der Waals surface area (Å²) in [5.74, 6) is -0.409. The lowest BCUT2D eigenvalue weighted by Gasteiger charge is -2.22. The second-order valence-corrected chi connectivity index (χ2v) is 6.57. The maximum absolute atomic E-state index is 12.5. The molecule has 1 rings (SSSR count).